The van der Waals surface area contributed by atoms with Gasteiger partial charge in [-0.3, -0.25) is 0 Å². The summed E-state index contributed by atoms with van der Waals surface area (Å²) in [4.78, 5) is 0. The summed E-state index contributed by atoms with van der Waals surface area (Å²) < 4.78 is 7.38. The van der Waals surface area contributed by atoms with E-state index in [-0.39, 0.29) is 0 Å². The van der Waals surface area contributed by atoms with Crippen LogP contribution in [0.4, 0.5) is 0 Å². The summed E-state index contributed by atoms with van der Waals surface area (Å²) in [5.74, 6) is 0. The van der Waals surface area contributed by atoms with Crippen LogP contribution in [-0.4, -0.2) is 31.4 Å². The lowest BCUT2D eigenvalue weighted by Crippen LogP contribution is -2.20. The molecule has 0 aliphatic rings. The first kappa shape index (κ1) is 15.8. The summed E-state index contributed by atoms with van der Waals surface area (Å²) in [6, 6.07) is 8.68. The quantitative estimate of drug-likeness (QED) is 0.535. The molecule has 0 fully saturated rings. The van der Waals surface area contributed by atoms with Crippen molar-refractivity contribution in [1.29, 1.82) is 0 Å². The second kappa shape index (κ2) is 8.65. The monoisotopic (exact) mass is 286 g/mol. The van der Waals surface area contributed by atoms with Crippen molar-refractivity contribution >= 4 is 10.9 Å². The number of aromatic nitrogens is 1. The first-order chi connectivity index (χ1) is 10.4. The molecule has 0 amide bonds. The normalized spacial score (nSPS) is 11.1. The van der Waals surface area contributed by atoms with Crippen LogP contribution >= 0.6 is 0 Å². The molecule has 1 N–H and O–H groups in total. The Morgan fingerprint density at radius 3 is 2.95 bits per heavy atom. The van der Waals surface area contributed by atoms with Gasteiger partial charge in [0.2, 0.25) is 0 Å². The molecular formula is C18H26N2O. The third kappa shape index (κ3) is 4.45. The van der Waals surface area contributed by atoms with Gasteiger partial charge in [-0.2, -0.15) is 0 Å². The number of rotatable bonds is 10. The Kier molecular flexibility index (Phi) is 6.51. The molecule has 0 unspecified atom stereocenters. The molecule has 0 bridgehead atoms. The number of benzene rings is 1. The predicted octanol–water partition coefficient (Wildman–Crippen LogP) is 3.39. The van der Waals surface area contributed by atoms with Crippen molar-refractivity contribution in [3.05, 3.63) is 48.7 Å². The molecule has 3 heteroatoms. The highest BCUT2D eigenvalue weighted by Gasteiger charge is 2.07. The minimum absolute atomic E-state index is 0.779. The van der Waals surface area contributed by atoms with Gasteiger partial charge in [0.1, 0.15) is 0 Å². The summed E-state index contributed by atoms with van der Waals surface area (Å²) in [5, 5.41) is 4.79. The maximum absolute atomic E-state index is 5.03. The zero-order valence-corrected chi connectivity index (χ0v) is 13.0. The lowest BCUT2D eigenvalue weighted by molar-refractivity contribution is 0.199. The smallest absolute Gasteiger partial charge is 0.0587 e. The first-order valence-corrected chi connectivity index (χ1v) is 7.74. The Balaban J connectivity index is 1.97. The molecule has 0 aliphatic heterocycles. The number of allylic oxidation sites excluding steroid dienone is 1. The minimum atomic E-state index is 0.779. The van der Waals surface area contributed by atoms with Gasteiger partial charge in [-0.1, -0.05) is 24.3 Å². The van der Waals surface area contributed by atoms with Gasteiger partial charge in [-0.05, 0) is 37.4 Å². The molecule has 1 aromatic carbocycles. The Morgan fingerprint density at radius 2 is 2.14 bits per heavy atom. The summed E-state index contributed by atoms with van der Waals surface area (Å²) in [6.45, 7) is 7.57. The molecule has 0 spiro atoms. The van der Waals surface area contributed by atoms with E-state index >= 15 is 0 Å². The molecule has 2 rings (SSSR count). The molecular weight excluding hydrogens is 260 g/mol. The average Bonchev–Trinajstić information content (AvgIpc) is 2.87. The number of fused-ring (bicyclic) bond motifs is 1. The highest BCUT2D eigenvalue weighted by Crippen LogP contribution is 2.22. The number of hydrogen-bond acceptors (Lipinski definition) is 2. The van der Waals surface area contributed by atoms with Crippen LogP contribution in [0.3, 0.4) is 0 Å². The van der Waals surface area contributed by atoms with E-state index in [0.717, 1.165) is 45.5 Å². The van der Waals surface area contributed by atoms with Crippen LogP contribution < -0.4 is 5.32 Å². The summed E-state index contributed by atoms with van der Waals surface area (Å²) in [5.41, 5.74) is 2.78. The number of nitrogens with one attached hydrogen (secondary N) is 1. The van der Waals surface area contributed by atoms with Gasteiger partial charge < -0.3 is 14.6 Å². The van der Waals surface area contributed by atoms with Gasteiger partial charge >= 0.3 is 0 Å². The van der Waals surface area contributed by atoms with Crippen LogP contribution in [0.25, 0.3) is 10.9 Å². The largest absolute Gasteiger partial charge is 0.383 e. The summed E-state index contributed by atoms with van der Waals surface area (Å²) in [6.07, 6.45) is 7.56. The predicted molar refractivity (Wildman–Crippen MR) is 89.8 cm³/mol. The van der Waals surface area contributed by atoms with Gasteiger partial charge in [0.25, 0.3) is 0 Å². The third-order valence-corrected chi connectivity index (χ3v) is 3.73. The van der Waals surface area contributed by atoms with Crippen LogP contribution in [0, 0.1) is 0 Å². The van der Waals surface area contributed by atoms with E-state index < -0.39 is 0 Å². The van der Waals surface area contributed by atoms with E-state index in [1.54, 1.807) is 7.11 Å². The van der Waals surface area contributed by atoms with E-state index in [1.165, 1.54) is 16.5 Å². The SMILES string of the molecule is C=CCCn1cc(CCCNCCOC)c2ccccc21. The molecule has 0 saturated heterocycles. The molecule has 1 aromatic heterocycles. The molecule has 0 saturated carbocycles. The van der Waals surface area contributed by atoms with Crippen molar-refractivity contribution in [2.75, 3.05) is 26.8 Å². The maximum atomic E-state index is 5.03. The molecule has 1 heterocycles. The van der Waals surface area contributed by atoms with Crippen molar-refractivity contribution in [3.8, 4) is 0 Å². The van der Waals surface area contributed by atoms with Gasteiger partial charge in [-0.15, -0.1) is 6.58 Å². The average molecular weight is 286 g/mol. The Bertz CT molecular complexity index is 559. The Hall–Kier alpha value is -1.58. The number of ether oxygens (including phenoxy) is 1. The van der Waals surface area contributed by atoms with Gasteiger partial charge in [-0.25, -0.2) is 0 Å². The number of para-hydroxylation sites is 1. The highest BCUT2D eigenvalue weighted by atomic mass is 16.5. The van der Waals surface area contributed by atoms with Crippen LogP contribution in [0.15, 0.2) is 43.1 Å². The second-order valence-corrected chi connectivity index (χ2v) is 5.29. The van der Waals surface area contributed by atoms with Crippen molar-refractivity contribution in [2.45, 2.75) is 25.8 Å². The third-order valence-electron chi connectivity index (χ3n) is 3.73. The van der Waals surface area contributed by atoms with Crippen molar-refractivity contribution in [3.63, 3.8) is 0 Å². The Labute approximate surface area is 127 Å². The fourth-order valence-electron chi connectivity index (χ4n) is 2.64. The lowest BCUT2D eigenvalue weighted by atomic mass is 10.1. The topological polar surface area (TPSA) is 26.2 Å². The number of nitrogens with zero attached hydrogens (tertiary/aromatic N) is 1. The van der Waals surface area contributed by atoms with Gasteiger partial charge in [0.05, 0.1) is 6.61 Å². The van der Waals surface area contributed by atoms with E-state index in [2.05, 4.69) is 46.9 Å². The number of methoxy groups -OCH3 is 1. The Morgan fingerprint density at radius 1 is 1.29 bits per heavy atom. The highest BCUT2D eigenvalue weighted by molar-refractivity contribution is 5.83. The molecule has 0 radical (unpaired) electrons. The standard InChI is InChI=1S/C18H26N2O/c1-3-4-13-20-15-16(8-7-11-19-12-14-21-2)17-9-5-6-10-18(17)20/h3,5-6,9-10,15,19H,1,4,7-8,11-14H2,2H3. The molecule has 114 valence electrons. The van der Waals surface area contributed by atoms with E-state index in [1.807, 2.05) is 6.08 Å². The summed E-state index contributed by atoms with van der Waals surface area (Å²) in [7, 11) is 1.74. The van der Waals surface area contributed by atoms with Crippen LogP contribution in [0.1, 0.15) is 18.4 Å². The van der Waals surface area contributed by atoms with E-state index in [9.17, 15) is 0 Å². The van der Waals surface area contributed by atoms with Crippen molar-refractivity contribution in [2.24, 2.45) is 0 Å². The molecule has 0 aliphatic carbocycles. The van der Waals surface area contributed by atoms with Crippen LogP contribution in [0.5, 0.6) is 0 Å². The van der Waals surface area contributed by atoms with Gasteiger partial charge in [0, 0.05) is 37.3 Å². The van der Waals surface area contributed by atoms with E-state index in [0.29, 0.717) is 0 Å². The minimum Gasteiger partial charge on any atom is -0.383 e. The van der Waals surface area contributed by atoms with Crippen molar-refractivity contribution < 1.29 is 4.74 Å². The fraction of sp³-hybridized carbons (Fsp3) is 0.444. The number of hydrogen-bond donors (Lipinski definition) is 1. The number of aryl methyl sites for hydroxylation is 2. The zero-order chi connectivity index (χ0) is 14.9. The second-order valence-electron chi connectivity index (χ2n) is 5.29. The van der Waals surface area contributed by atoms with Crippen LogP contribution in [0.2, 0.25) is 0 Å². The van der Waals surface area contributed by atoms with Crippen LogP contribution in [-0.2, 0) is 17.7 Å². The molecule has 21 heavy (non-hydrogen) atoms. The first-order valence-electron chi connectivity index (χ1n) is 7.74. The van der Waals surface area contributed by atoms with Gasteiger partial charge in [0.15, 0.2) is 0 Å². The molecule has 2 aromatic rings. The maximum Gasteiger partial charge on any atom is 0.0587 e. The van der Waals surface area contributed by atoms with Crippen molar-refractivity contribution in [1.82, 2.24) is 9.88 Å². The lowest BCUT2D eigenvalue weighted by Gasteiger charge is -2.03. The molecule has 3 nitrogen and oxygen atoms in total. The molecule has 0 atom stereocenters. The van der Waals surface area contributed by atoms with E-state index in [4.69, 9.17) is 4.74 Å². The zero-order valence-electron chi connectivity index (χ0n) is 13.0. The fourth-order valence-corrected chi connectivity index (χ4v) is 2.64. The summed E-state index contributed by atoms with van der Waals surface area (Å²) >= 11 is 0.